The van der Waals surface area contributed by atoms with Crippen LogP contribution in [0.15, 0.2) is 24.7 Å². The summed E-state index contributed by atoms with van der Waals surface area (Å²) in [6.07, 6.45) is 5.84. The first-order valence-electron chi connectivity index (χ1n) is 6.95. The van der Waals surface area contributed by atoms with Gasteiger partial charge >= 0.3 is 0 Å². The van der Waals surface area contributed by atoms with Crippen molar-refractivity contribution in [3.05, 3.63) is 40.5 Å². The standard InChI is InChI=1S/C14H12Cl2N6/c15-9-3-11-12(4-10(9)16)20-13(5-17-11)18-6-14-21-19-7-22(14)8-1-2-8/h3-5,7-8H,1-2,6H2,(H,18,20). The van der Waals surface area contributed by atoms with Gasteiger partial charge in [-0.15, -0.1) is 10.2 Å². The van der Waals surface area contributed by atoms with Crippen molar-refractivity contribution in [3.8, 4) is 0 Å². The van der Waals surface area contributed by atoms with Crippen LogP contribution in [0.25, 0.3) is 11.0 Å². The Kier molecular flexibility index (Phi) is 3.35. The number of fused-ring (bicyclic) bond motifs is 1. The van der Waals surface area contributed by atoms with Crippen LogP contribution in [0.5, 0.6) is 0 Å². The number of hydrogen-bond donors (Lipinski definition) is 1. The van der Waals surface area contributed by atoms with Gasteiger partial charge < -0.3 is 9.88 Å². The quantitative estimate of drug-likeness (QED) is 0.791. The maximum absolute atomic E-state index is 6.02. The minimum Gasteiger partial charge on any atom is -0.361 e. The lowest BCUT2D eigenvalue weighted by atomic mass is 10.3. The monoisotopic (exact) mass is 334 g/mol. The molecule has 8 heteroatoms. The van der Waals surface area contributed by atoms with Crippen molar-refractivity contribution in [3.63, 3.8) is 0 Å². The highest BCUT2D eigenvalue weighted by atomic mass is 35.5. The lowest BCUT2D eigenvalue weighted by Gasteiger charge is -2.08. The number of rotatable bonds is 4. The summed E-state index contributed by atoms with van der Waals surface area (Å²) in [4.78, 5) is 8.83. The summed E-state index contributed by atoms with van der Waals surface area (Å²) in [6.45, 7) is 0.554. The Morgan fingerprint density at radius 1 is 1.18 bits per heavy atom. The molecule has 4 rings (SSSR count). The van der Waals surface area contributed by atoms with Crippen LogP contribution < -0.4 is 5.32 Å². The fourth-order valence-electron chi connectivity index (χ4n) is 2.31. The van der Waals surface area contributed by atoms with Gasteiger partial charge in [-0.1, -0.05) is 23.2 Å². The molecular formula is C14H12Cl2N6. The second-order valence-corrected chi connectivity index (χ2v) is 6.06. The topological polar surface area (TPSA) is 68.5 Å². The van der Waals surface area contributed by atoms with Gasteiger partial charge in [0.05, 0.1) is 33.8 Å². The third kappa shape index (κ3) is 2.60. The lowest BCUT2D eigenvalue weighted by molar-refractivity contribution is 0.689. The van der Waals surface area contributed by atoms with E-state index in [2.05, 4.69) is 30.0 Å². The Labute approximate surface area is 136 Å². The summed E-state index contributed by atoms with van der Waals surface area (Å²) in [5, 5.41) is 12.3. The molecule has 1 aromatic carbocycles. The number of hydrogen-bond acceptors (Lipinski definition) is 5. The third-order valence-corrected chi connectivity index (χ3v) is 4.32. The molecule has 0 radical (unpaired) electrons. The van der Waals surface area contributed by atoms with Gasteiger partial charge in [-0.2, -0.15) is 0 Å². The number of anilines is 1. The molecule has 1 saturated carbocycles. The van der Waals surface area contributed by atoms with Crippen LogP contribution in [0.1, 0.15) is 24.7 Å². The molecular weight excluding hydrogens is 323 g/mol. The van der Waals surface area contributed by atoms with E-state index in [-0.39, 0.29) is 0 Å². The van der Waals surface area contributed by atoms with Crippen LogP contribution in [0.3, 0.4) is 0 Å². The van der Waals surface area contributed by atoms with Crippen molar-refractivity contribution < 1.29 is 0 Å². The van der Waals surface area contributed by atoms with Gasteiger partial charge in [0.25, 0.3) is 0 Å². The highest BCUT2D eigenvalue weighted by Crippen LogP contribution is 2.35. The number of benzene rings is 1. The second-order valence-electron chi connectivity index (χ2n) is 5.25. The molecule has 0 atom stereocenters. The first kappa shape index (κ1) is 13.7. The van der Waals surface area contributed by atoms with E-state index in [1.54, 1.807) is 24.7 Å². The summed E-state index contributed by atoms with van der Waals surface area (Å²) < 4.78 is 2.11. The van der Waals surface area contributed by atoms with Gasteiger partial charge in [0.2, 0.25) is 0 Å². The molecule has 0 bridgehead atoms. The molecule has 1 aliphatic carbocycles. The lowest BCUT2D eigenvalue weighted by Crippen LogP contribution is -2.08. The smallest absolute Gasteiger partial charge is 0.152 e. The SMILES string of the molecule is Clc1cc2ncc(NCc3nncn3C3CC3)nc2cc1Cl. The predicted molar refractivity (Wildman–Crippen MR) is 85.2 cm³/mol. The maximum atomic E-state index is 6.02. The number of halogens is 2. The molecule has 3 aromatic rings. The summed E-state index contributed by atoms with van der Waals surface area (Å²) in [5.74, 6) is 1.56. The van der Waals surface area contributed by atoms with Crippen LogP contribution in [0.4, 0.5) is 5.82 Å². The van der Waals surface area contributed by atoms with Crippen LogP contribution in [0, 0.1) is 0 Å². The van der Waals surface area contributed by atoms with E-state index in [1.807, 2.05) is 0 Å². The zero-order valence-corrected chi connectivity index (χ0v) is 13.0. The maximum Gasteiger partial charge on any atom is 0.152 e. The minimum absolute atomic E-state index is 0.467. The third-order valence-electron chi connectivity index (χ3n) is 3.60. The predicted octanol–water partition coefficient (Wildman–Crippen LogP) is 3.48. The summed E-state index contributed by atoms with van der Waals surface area (Å²) in [7, 11) is 0. The van der Waals surface area contributed by atoms with Crippen LogP contribution in [-0.2, 0) is 6.54 Å². The van der Waals surface area contributed by atoms with Gasteiger partial charge in [0.15, 0.2) is 5.82 Å². The fourth-order valence-corrected chi connectivity index (χ4v) is 2.63. The van der Waals surface area contributed by atoms with E-state index in [0.717, 1.165) is 5.82 Å². The molecule has 1 fully saturated rings. The molecule has 0 saturated heterocycles. The molecule has 2 heterocycles. The average Bonchev–Trinajstić information content (AvgIpc) is 3.25. The van der Waals surface area contributed by atoms with Crippen molar-refractivity contribution in [1.82, 2.24) is 24.7 Å². The van der Waals surface area contributed by atoms with E-state index < -0.39 is 0 Å². The Hall–Kier alpha value is -1.92. The first-order valence-corrected chi connectivity index (χ1v) is 7.70. The molecule has 0 spiro atoms. The Morgan fingerprint density at radius 3 is 2.73 bits per heavy atom. The number of aromatic nitrogens is 5. The Morgan fingerprint density at radius 2 is 1.95 bits per heavy atom. The van der Waals surface area contributed by atoms with Gasteiger partial charge in [0, 0.05) is 6.04 Å². The Balaban J connectivity index is 1.56. The molecule has 1 aliphatic rings. The molecule has 22 heavy (non-hydrogen) atoms. The van der Waals surface area contributed by atoms with E-state index in [4.69, 9.17) is 23.2 Å². The van der Waals surface area contributed by atoms with Crippen molar-refractivity contribution >= 4 is 40.1 Å². The summed E-state index contributed by atoms with van der Waals surface area (Å²) >= 11 is 12.0. The van der Waals surface area contributed by atoms with E-state index >= 15 is 0 Å². The highest BCUT2D eigenvalue weighted by molar-refractivity contribution is 6.42. The summed E-state index contributed by atoms with van der Waals surface area (Å²) in [5.41, 5.74) is 1.41. The van der Waals surface area contributed by atoms with Crippen LogP contribution >= 0.6 is 23.2 Å². The van der Waals surface area contributed by atoms with Crippen LogP contribution in [-0.4, -0.2) is 24.7 Å². The number of nitrogens with zero attached hydrogens (tertiary/aromatic N) is 5. The Bertz CT molecular complexity index is 842. The molecule has 0 amide bonds. The summed E-state index contributed by atoms with van der Waals surface area (Å²) in [6, 6.07) is 3.97. The second kappa shape index (κ2) is 5.37. The zero-order valence-electron chi connectivity index (χ0n) is 11.5. The van der Waals surface area contributed by atoms with E-state index in [9.17, 15) is 0 Å². The largest absolute Gasteiger partial charge is 0.361 e. The van der Waals surface area contributed by atoms with E-state index in [0.29, 0.717) is 39.5 Å². The average molecular weight is 335 g/mol. The van der Waals surface area contributed by atoms with Crippen molar-refractivity contribution in [2.24, 2.45) is 0 Å². The molecule has 0 unspecified atom stereocenters. The molecule has 1 N–H and O–H groups in total. The molecule has 6 nitrogen and oxygen atoms in total. The van der Waals surface area contributed by atoms with Crippen LogP contribution in [0.2, 0.25) is 10.0 Å². The van der Waals surface area contributed by atoms with E-state index in [1.165, 1.54) is 12.8 Å². The highest BCUT2D eigenvalue weighted by Gasteiger charge is 2.25. The van der Waals surface area contributed by atoms with Crippen molar-refractivity contribution in [1.29, 1.82) is 0 Å². The normalized spacial score (nSPS) is 14.5. The minimum atomic E-state index is 0.467. The first-order chi connectivity index (χ1) is 10.7. The molecule has 2 aromatic heterocycles. The fraction of sp³-hybridized carbons (Fsp3) is 0.286. The van der Waals surface area contributed by atoms with Gasteiger partial charge in [-0.05, 0) is 25.0 Å². The van der Waals surface area contributed by atoms with Gasteiger partial charge in [-0.3, -0.25) is 4.98 Å². The van der Waals surface area contributed by atoms with Gasteiger partial charge in [0.1, 0.15) is 12.1 Å². The number of nitrogens with one attached hydrogen (secondary N) is 1. The zero-order chi connectivity index (χ0) is 15.1. The van der Waals surface area contributed by atoms with Crippen molar-refractivity contribution in [2.45, 2.75) is 25.4 Å². The molecule has 0 aliphatic heterocycles. The van der Waals surface area contributed by atoms with Crippen molar-refractivity contribution in [2.75, 3.05) is 5.32 Å². The molecule has 112 valence electrons. The van der Waals surface area contributed by atoms with Gasteiger partial charge in [-0.25, -0.2) is 4.98 Å².